The third-order valence-electron chi connectivity index (χ3n) is 3.98. The quantitative estimate of drug-likeness (QED) is 0.215. The maximum atomic E-state index is 11.8. The summed E-state index contributed by atoms with van der Waals surface area (Å²) in [5.41, 5.74) is 1.23. The highest BCUT2D eigenvalue weighted by molar-refractivity contribution is 14.0. The lowest BCUT2D eigenvalue weighted by atomic mass is 9.86. The van der Waals surface area contributed by atoms with Gasteiger partial charge in [-0.1, -0.05) is 37.6 Å². The summed E-state index contributed by atoms with van der Waals surface area (Å²) in [5.74, 6) is 0.772. The zero-order valence-corrected chi connectivity index (χ0v) is 19.5. The summed E-state index contributed by atoms with van der Waals surface area (Å²) < 4.78 is 5.05. The second-order valence-corrected chi connectivity index (χ2v) is 7.49. The van der Waals surface area contributed by atoms with Gasteiger partial charge in [-0.05, 0) is 41.7 Å². The number of nitrogens with one attached hydrogen (secondary N) is 3. The Morgan fingerprint density at radius 2 is 1.89 bits per heavy atom. The van der Waals surface area contributed by atoms with Crippen LogP contribution in [0.5, 0.6) is 0 Å². The standard InChI is InChI=1S/C20H27ClN4O2.HI/c1-20(2,13-15-6-4-7-16(21)12-15)14-25-19(22-3)24-10-9-23-18(26)17-8-5-11-27-17;/h4-8,11-12H,9-10,13-14H2,1-3H3,(H,23,26)(H2,22,24,25);1H. The van der Waals surface area contributed by atoms with Crippen LogP contribution in [0.3, 0.4) is 0 Å². The molecule has 28 heavy (non-hydrogen) atoms. The number of guanidine groups is 1. The zero-order chi connectivity index (χ0) is 19.7. The van der Waals surface area contributed by atoms with Crippen molar-refractivity contribution in [2.75, 3.05) is 26.7 Å². The van der Waals surface area contributed by atoms with Crippen molar-refractivity contribution in [1.82, 2.24) is 16.0 Å². The molecule has 0 unspecified atom stereocenters. The number of carbonyl (C=O) groups is 1. The molecule has 3 N–H and O–H groups in total. The van der Waals surface area contributed by atoms with Crippen LogP contribution in [-0.2, 0) is 6.42 Å². The Kier molecular flexibility index (Phi) is 10.4. The first-order valence-electron chi connectivity index (χ1n) is 8.90. The van der Waals surface area contributed by atoms with Gasteiger partial charge in [-0.2, -0.15) is 0 Å². The molecule has 0 fully saturated rings. The molecule has 2 aromatic rings. The number of benzene rings is 1. The second-order valence-electron chi connectivity index (χ2n) is 7.06. The third kappa shape index (κ3) is 8.52. The summed E-state index contributed by atoms with van der Waals surface area (Å²) in [6, 6.07) is 11.3. The number of hydrogen-bond acceptors (Lipinski definition) is 3. The molecule has 154 valence electrons. The van der Waals surface area contributed by atoms with E-state index in [0.717, 1.165) is 18.0 Å². The number of halogens is 2. The van der Waals surface area contributed by atoms with Crippen LogP contribution in [-0.4, -0.2) is 38.5 Å². The summed E-state index contributed by atoms with van der Waals surface area (Å²) in [4.78, 5) is 16.0. The molecule has 1 aromatic heterocycles. The highest BCUT2D eigenvalue weighted by Gasteiger charge is 2.19. The summed E-state index contributed by atoms with van der Waals surface area (Å²) in [5, 5.41) is 10.1. The van der Waals surface area contributed by atoms with E-state index in [1.165, 1.54) is 11.8 Å². The van der Waals surface area contributed by atoms with Crippen molar-refractivity contribution in [1.29, 1.82) is 0 Å². The van der Waals surface area contributed by atoms with Crippen molar-refractivity contribution in [2.24, 2.45) is 10.4 Å². The van der Waals surface area contributed by atoms with Gasteiger partial charge in [0, 0.05) is 31.7 Å². The van der Waals surface area contributed by atoms with Crippen molar-refractivity contribution < 1.29 is 9.21 Å². The van der Waals surface area contributed by atoms with Crippen LogP contribution >= 0.6 is 35.6 Å². The monoisotopic (exact) mass is 518 g/mol. The average molecular weight is 519 g/mol. The molecule has 0 saturated heterocycles. The van der Waals surface area contributed by atoms with Gasteiger partial charge < -0.3 is 20.4 Å². The van der Waals surface area contributed by atoms with E-state index in [9.17, 15) is 4.79 Å². The number of hydrogen-bond donors (Lipinski definition) is 3. The molecule has 6 nitrogen and oxygen atoms in total. The van der Waals surface area contributed by atoms with Gasteiger partial charge in [0.1, 0.15) is 0 Å². The Balaban J connectivity index is 0.00000392. The fraction of sp³-hybridized carbons (Fsp3) is 0.400. The summed E-state index contributed by atoms with van der Waals surface area (Å²) in [7, 11) is 1.72. The lowest BCUT2D eigenvalue weighted by molar-refractivity contribution is 0.0926. The van der Waals surface area contributed by atoms with Crippen LogP contribution < -0.4 is 16.0 Å². The van der Waals surface area contributed by atoms with E-state index in [1.807, 2.05) is 18.2 Å². The SMILES string of the molecule is CN=C(NCCNC(=O)c1ccco1)NCC(C)(C)Cc1cccc(Cl)c1.I. The van der Waals surface area contributed by atoms with E-state index >= 15 is 0 Å². The molecule has 0 saturated carbocycles. The number of amides is 1. The first-order chi connectivity index (χ1) is 12.9. The van der Waals surface area contributed by atoms with Crippen molar-refractivity contribution >= 4 is 47.4 Å². The van der Waals surface area contributed by atoms with Gasteiger partial charge in [-0.3, -0.25) is 9.79 Å². The van der Waals surface area contributed by atoms with Gasteiger partial charge in [0.2, 0.25) is 0 Å². The topological polar surface area (TPSA) is 78.7 Å². The largest absolute Gasteiger partial charge is 0.459 e. The van der Waals surface area contributed by atoms with Gasteiger partial charge in [0.15, 0.2) is 11.7 Å². The van der Waals surface area contributed by atoms with Crippen LogP contribution in [0.2, 0.25) is 5.02 Å². The molecule has 0 aliphatic carbocycles. The van der Waals surface area contributed by atoms with E-state index < -0.39 is 0 Å². The van der Waals surface area contributed by atoms with Crippen molar-refractivity contribution in [3.05, 3.63) is 59.0 Å². The summed E-state index contributed by atoms with van der Waals surface area (Å²) in [6.07, 6.45) is 2.38. The molecule has 0 bridgehead atoms. The Morgan fingerprint density at radius 3 is 2.54 bits per heavy atom. The molecule has 2 rings (SSSR count). The molecule has 0 aliphatic rings. The minimum Gasteiger partial charge on any atom is -0.459 e. The van der Waals surface area contributed by atoms with E-state index in [4.69, 9.17) is 16.0 Å². The van der Waals surface area contributed by atoms with Gasteiger partial charge in [0.25, 0.3) is 5.91 Å². The molecule has 1 aromatic carbocycles. The smallest absolute Gasteiger partial charge is 0.287 e. The first kappa shape index (κ1) is 24.3. The van der Waals surface area contributed by atoms with Crippen LogP contribution in [0.25, 0.3) is 0 Å². The maximum absolute atomic E-state index is 11.8. The minimum absolute atomic E-state index is 0. The number of aliphatic imine (C=N–C) groups is 1. The summed E-state index contributed by atoms with van der Waals surface area (Å²) in [6.45, 7) is 6.15. The molecule has 0 atom stereocenters. The Bertz CT molecular complexity index is 763. The highest BCUT2D eigenvalue weighted by atomic mass is 127. The van der Waals surface area contributed by atoms with E-state index in [1.54, 1.807) is 19.2 Å². The fourth-order valence-corrected chi connectivity index (χ4v) is 2.87. The Morgan fingerprint density at radius 1 is 1.14 bits per heavy atom. The van der Waals surface area contributed by atoms with E-state index in [2.05, 4.69) is 40.9 Å². The number of carbonyl (C=O) groups excluding carboxylic acids is 1. The highest BCUT2D eigenvalue weighted by Crippen LogP contribution is 2.22. The zero-order valence-electron chi connectivity index (χ0n) is 16.4. The Labute approximate surface area is 188 Å². The number of furan rings is 1. The predicted molar refractivity (Wildman–Crippen MR) is 125 cm³/mol. The van der Waals surface area contributed by atoms with Crippen LogP contribution in [0.15, 0.2) is 52.1 Å². The molecule has 8 heteroatoms. The molecular weight excluding hydrogens is 491 g/mol. The van der Waals surface area contributed by atoms with Crippen LogP contribution in [0.4, 0.5) is 0 Å². The number of nitrogens with zero attached hydrogens (tertiary/aromatic N) is 1. The third-order valence-corrected chi connectivity index (χ3v) is 4.21. The molecule has 1 amide bonds. The minimum atomic E-state index is -0.229. The number of rotatable bonds is 8. The Hall–Kier alpha value is -1.74. The first-order valence-corrected chi connectivity index (χ1v) is 9.28. The molecule has 1 heterocycles. The van der Waals surface area contributed by atoms with Gasteiger partial charge in [-0.25, -0.2) is 0 Å². The van der Waals surface area contributed by atoms with Crippen molar-refractivity contribution in [2.45, 2.75) is 20.3 Å². The van der Waals surface area contributed by atoms with E-state index in [0.29, 0.717) is 24.8 Å². The van der Waals surface area contributed by atoms with E-state index in [-0.39, 0.29) is 35.3 Å². The van der Waals surface area contributed by atoms with Gasteiger partial charge >= 0.3 is 0 Å². The van der Waals surface area contributed by atoms with Gasteiger partial charge in [-0.15, -0.1) is 24.0 Å². The molecule has 0 radical (unpaired) electrons. The molecule has 0 aliphatic heterocycles. The summed E-state index contributed by atoms with van der Waals surface area (Å²) >= 11 is 6.07. The van der Waals surface area contributed by atoms with Crippen LogP contribution in [0.1, 0.15) is 30.0 Å². The normalized spacial score (nSPS) is 11.5. The maximum Gasteiger partial charge on any atom is 0.287 e. The predicted octanol–water partition coefficient (Wildman–Crippen LogP) is 3.71. The fourth-order valence-electron chi connectivity index (χ4n) is 2.66. The van der Waals surface area contributed by atoms with Gasteiger partial charge in [0.05, 0.1) is 6.26 Å². The molecular formula is C20H28ClIN4O2. The lowest BCUT2D eigenvalue weighted by Gasteiger charge is -2.26. The molecule has 0 spiro atoms. The van der Waals surface area contributed by atoms with Crippen molar-refractivity contribution in [3.63, 3.8) is 0 Å². The van der Waals surface area contributed by atoms with Crippen LogP contribution in [0, 0.1) is 5.41 Å². The van der Waals surface area contributed by atoms with Crippen molar-refractivity contribution in [3.8, 4) is 0 Å². The average Bonchev–Trinajstić information content (AvgIpc) is 3.15. The second kappa shape index (κ2) is 12.0. The lowest BCUT2D eigenvalue weighted by Crippen LogP contribution is -2.45.